The van der Waals surface area contributed by atoms with E-state index in [9.17, 15) is 23.9 Å². The molecule has 0 spiro atoms. The number of hydrogen-bond acceptors (Lipinski definition) is 3. The number of aliphatic carboxylic acids is 1. The second-order valence-corrected chi connectivity index (χ2v) is 6.66. The molecular weight excluding hydrogens is 363 g/mol. The highest BCUT2D eigenvalue weighted by Crippen LogP contribution is 2.22. The summed E-state index contributed by atoms with van der Waals surface area (Å²) in [6.45, 7) is 3.26. The number of amides is 2. The average molecular weight is 386 g/mol. The van der Waals surface area contributed by atoms with Gasteiger partial charge in [0.05, 0.1) is 0 Å². The van der Waals surface area contributed by atoms with E-state index in [0.29, 0.717) is 6.54 Å². The molecule has 2 rings (SSSR count). The van der Waals surface area contributed by atoms with Crippen LogP contribution in [0, 0.1) is 5.82 Å². The first-order valence-electron chi connectivity index (χ1n) is 8.82. The molecule has 0 bridgehead atoms. The topological polar surface area (TPSA) is 86.7 Å². The lowest BCUT2D eigenvalue weighted by Gasteiger charge is -2.28. The van der Waals surface area contributed by atoms with Crippen LogP contribution in [0.15, 0.2) is 54.6 Å². The molecule has 0 aliphatic carbocycles. The summed E-state index contributed by atoms with van der Waals surface area (Å²) >= 11 is 0. The van der Waals surface area contributed by atoms with Gasteiger partial charge in [0.1, 0.15) is 5.82 Å². The summed E-state index contributed by atoms with van der Waals surface area (Å²) in [6, 6.07) is 14.3. The van der Waals surface area contributed by atoms with E-state index in [2.05, 4.69) is 5.32 Å². The molecule has 7 heteroatoms. The standard InChI is InChI=1S/C21H23FN2O4/c1-15(25)24(14-16-6-4-3-5-7-16)13-12-19(26)23-21(2,20(27)28)17-8-10-18(22)11-9-17/h3-11H,12-14H2,1-2H3,(H,23,26)(H,27,28). The lowest BCUT2D eigenvalue weighted by molar-refractivity contribution is -0.147. The van der Waals surface area contributed by atoms with Gasteiger partial charge in [0.15, 0.2) is 5.54 Å². The Morgan fingerprint density at radius 1 is 1.07 bits per heavy atom. The Hall–Kier alpha value is -3.22. The van der Waals surface area contributed by atoms with E-state index in [-0.39, 0.29) is 24.4 Å². The quantitative estimate of drug-likeness (QED) is 0.730. The molecule has 0 aliphatic rings. The average Bonchev–Trinajstić information content (AvgIpc) is 2.66. The third-order valence-corrected chi connectivity index (χ3v) is 4.51. The summed E-state index contributed by atoms with van der Waals surface area (Å²) in [5.41, 5.74) is -0.520. The van der Waals surface area contributed by atoms with Crippen LogP contribution >= 0.6 is 0 Å². The molecule has 1 unspecified atom stereocenters. The van der Waals surface area contributed by atoms with Crippen molar-refractivity contribution >= 4 is 17.8 Å². The van der Waals surface area contributed by atoms with Gasteiger partial charge in [0.2, 0.25) is 11.8 Å². The molecule has 0 saturated carbocycles. The van der Waals surface area contributed by atoms with Gasteiger partial charge in [-0.3, -0.25) is 9.59 Å². The van der Waals surface area contributed by atoms with Gasteiger partial charge in [-0.05, 0) is 30.2 Å². The van der Waals surface area contributed by atoms with Crippen LogP contribution in [0.5, 0.6) is 0 Å². The summed E-state index contributed by atoms with van der Waals surface area (Å²) in [7, 11) is 0. The van der Waals surface area contributed by atoms with Crippen LogP contribution < -0.4 is 5.32 Å². The number of nitrogens with zero attached hydrogens (tertiary/aromatic N) is 1. The van der Waals surface area contributed by atoms with E-state index in [1.165, 1.54) is 30.9 Å². The van der Waals surface area contributed by atoms with Gasteiger partial charge < -0.3 is 15.3 Å². The second kappa shape index (κ2) is 9.12. The largest absolute Gasteiger partial charge is 0.479 e. The van der Waals surface area contributed by atoms with Crippen molar-refractivity contribution in [3.05, 3.63) is 71.5 Å². The Kier molecular flexibility index (Phi) is 6.87. The molecule has 2 aromatic carbocycles. The van der Waals surface area contributed by atoms with Crippen molar-refractivity contribution in [3.8, 4) is 0 Å². The molecule has 148 valence electrons. The van der Waals surface area contributed by atoms with Gasteiger partial charge in [-0.2, -0.15) is 0 Å². The van der Waals surface area contributed by atoms with Crippen molar-refractivity contribution in [1.82, 2.24) is 10.2 Å². The van der Waals surface area contributed by atoms with E-state index in [1.54, 1.807) is 0 Å². The molecule has 0 aliphatic heterocycles. The molecule has 0 saturated heterocycles. The highest BCUT2D eigenvalue weighted by molar-refractivity contribution is 5.88. The van der Waals surface area contributed by atoms with Crippen LogP contribution in [-0.2, 0) is 26.5 Å². The predicted octanol–water partition coefficient (Wildman–Crippen LogP) is 2.68. The Morgan fingerprint density at radius 2 is 1.68 bits per heavy atom. The number of carboxylic acids is 1. The number of rotatable bonds is 8. The molecule has 6 nitrogen and oxygen atoms in total. The van der Waals surface area contributed by atoms with Crippen LogP contribution in [0.1, 0.15) is 31.4 Å². The van der Waals surface area contributed by atoms with E-state index in [0.717, 1.165) is 17.7 Å². The first-order chi connectivity index (χ1) is 13.2. The summed E-state index contributed by atoms with van der Waals surface area (Å²) < 4.78 is 13.1. The Morgan fingerprint density at radius 3 is 2.21 bits per heavy atom. The minimum Gasteiger partial charge on any atom is -0.479 e. The molecule has 2 aromatic rings. The molecule has 0 aromatic heterocycles. The normalized spacial score (nSPS) is 12.7. The summed E-state index contributed by atoms with van der Waals surface area (Å²) in [5.74, 6) is -2.47. The molecule has 28 heavy (non-hydrogen) atoms. The number of hydrogen-bond donors (Lipinski definition) is 2. The first-order valence-corrected chi connectivity index (χ1v) is 8.82. The van der Waals surface area contributed by atoms with Crippen LogP contribution in [0.4, 0.5) is 4.39 Å². The van der Waals surface area contributed by atoms with Crippen molar-refractivity contribution in [1.29, 1.82) is 0 Å². The molecule has 0 radical (unpaired) electrons. The van der Waals surface area contributed by atoms with Gasteiger partial charge in [-0.1, -0.05) is 42.5 Å². The van der Waals surface area contributed by atoms with Crippen molar-refractivity contribution in [2.45, 2.75) is 32.4 Å². The maximum atomic E-state index is 13.1. The molecule has 0 fully saturated rings. The van der Waals surface area contributed by atoms with Crippen molar-refractivity contribution in [2.24, 2.45) is 0 Å². The maximum absolute atomic E-state index is 13.1. The number of carbonyl (C=O) groups excluding carboxylic acids is 2. The minimum atomic E-state index is -1.70. The van der Waals surface area contributed by atoms with Crippen LogP contribution in [-0.4, -0.2) is 34.3 Å². The first kappa shape index (κ1) is 21.1. The fourth-order valence-electron chi connectivity index (χ4n) is 2.76. The third-order valence-electron chi connectivity index (χ3n) is 4.51. The zero-order valence-corrected chi connectivity index (χ0v) is 15.8. The Labute approximate surface area is 163 Å². The maximum Gasteiger partial charge on any atom is 0.333 e. The van der Waals surface area contributed by atoms with Crippen LogP contribution in [0.3, 0.4) is 0 Å². The minimum absolute atomic E-state index is 0.0590. The van der Waals surface area contributed by atoms with E-state index in [1.807, 2.05) is 30.3 Å². The molecule has 1 atom stereocenters. The van der Waals surface area contributed by atoms with Gasteiger partial charge in [-0.25, -0.2) is 9.18 Å². The van der Waals surface area contributed by atoms with Crippen molar-refractivity contribution < 1.29 is 23.9 Å². The summed E-state index contributed by atoms with van der Waals surface area (Å²) in [5, 5.41) is 12.1. The zero-order chi connectivity index (χ0) is 20.7. The second-order valence-electron chi connectivity index (χ2n) is 6.66. The Balaban J connectivity index is 2.04. The smallest absolute Gasteiger partial charge is 0.333 e. The SMILES string of the molecule is CC(=O)N(CCC(=O)NC(C)(C(=O)O)c1ccc(F)cc1)Cc1ccccc1. The highest BCUT2D eigenvalue weighted by atomic mass is 19.1. The van der Waals surface area contributed by atoms with Gasteiger partial charge >= 0.3 is 5.97 Å². The third kappa shape index (κ3) is 5.39. The van der Waals surface area contributed by atoms with Crippen molar-refractivity contribution in [2.75, 3.05) is 6.54 Å². The molecule has 2 N–H and O–H groups in total. The van der Waals surface area contributed by atoms with Gasteiger partial charge in [0.25, 0.3) is 0 Å². The molecule has 0 heterocycles. The lowest BCUT2D eigenvalue weighted by Crippen LogP contribution is -2.50. The number of halogens is 1. The number of nitrogens with one attached hydrogen (secondary N) is 1. The number of benzene rings is 2. The number of carbonyl (C=O) groups is 3. The monoisotopic (exact) mass is 386 g/mol. The summed E-state index contributed by atoms with van der Waals surface area (Å²) in [6.07, 6.45) is -0.0590. The highest BCUT2D eigenvalue weighted by Gasteiger charge is 2.36. The van der Waals surface area contributed by atoms with Gasteiger partial charge in [0, 0.05) is 26.4 Å². The van der Waals surface area contributed by atoms with Crippen LogP contribution in [0.25, 0.3) is 0 Å². The van der Waals surface area contributed by atoms with Crippen molar-refractivity contribution in [3.63, 3.8) is 0 Å². The fraction of sp³-hybridized carbons (Fsp3) is 0.286. The molecular formula is C21H23FN2O4. The Bertz CT molecular complexity index is 839. The lowest BCUT2D eigenvalue weighted by atomic mass is 9.92. The van der Waals surface area contributed by atoms with E-state index in [4.69, 9.17) is 0 Å². The summed E-state index contributed by atoms with van der Waals surface area (Å²) in [4.78, 5) is 37.5. The predicted molar refractivity (Wildman–Crippen MR) is 102 cm³/mol. The molecule has 2 amide bonds. The van der Waals surface area contributed by atoms with E-state index >= 15 is 0 Å². The van der Waals surface area contributed by atoms with E-state index < -0.39 is 23.2 Å². The number of carboxylic acid groups (broad SMARTS) is 1. The fourth-order valence-corrected chi connectivity index (χ4v) is 2.76. The van der Waals surface area contributed by atoms with Gasteiger partial charge in [-0.15, -0.1) is 0 Å². The zero-order valence-electron chi connectivity index (χ0n) is 15.8. The van der Waals surface area contributed by atoms with Crippen LogP contribution in [0.2, 0.25) is 0 Å².